The highest BCUT2D eigenvalue weighted by Gasteiger charge is 2.36. The van der Waals surface area contributed by atoms with Gasteiger partial charge in [0.15, 0.2) is 5.82 Å². The second-order valence-electron chi connectivity index (χ2n) is 12.4. The highest BCUT2D eigenvalue weighted by molar-refractivity contribution is 8.00. The van der Waals surface area contributed by atoms with E-state index in [9.17, 15) is 0 Å². The van der Waals surface area contributed by atoms with Crippen LogP contribution in [0.3, 0.4) is 0 Å². The zero-order chi connectivity index (χ0) is 30.6. The van der Waals surface area contributed by atoms with Gasteiger partial charge in [-0.25, -0.2) is 9.97 Å². The Morgan fingerprint density at radius 1 is 0.617 bits per heavy atom. The number of fused-ring (bicyclic) bond motifs is 12. The van der Waals surface area contributed by atoms with Gasteiger partial charge in [0.25, 0.3) is 0 Å². The van der Waals surface area contributed by atoms with E-state index in [0.717, 1.165) is 33.7 Å². The first-order valence-electron chi connectivity index (χ1n) is 16.0. The van der Waals surface area contributed by atoms with Crippen LogP contribution in [0.4, 0.5) is 0 Å². The molecule has 3 aliphatic rings. The minimum Gasteiger partial charge on any atom is -0.308 e. The van der Waals surface area contributed by atoms with Gasteiger partial charge in [-0.15, -0.1) is 11.8 Å². The molecule has 5 heteroatoms. The van der Waals surface area contributed by atoms with E-state index in [-0.39, 0.29) is 0 Å². The average Bonchev–Trinajstić information content (AvgIpc) is 3.69. The van der Waals surface area contributed by atoms with Crippen molar-refractivity contribution >= 4 is 67.0 Å². The maximum absolute atomic E-state index is 5.21. The predicted octanol–water partition coefficient (Wildman–Crippen LogP) is 11.4. The van der Waals surface area contributed by atoms with Gasteiger partial charge in [0.05, 0.1) is 22.2 Å². The van der Waals surface area contributed by atoms with Crippen LogP contribution in [0, 0.1) is 0 Å². The Bertz CT molecular complexity index is 2700. The summed E-state index contributed by atoms with van der Waals surface area (Å²) in [6, 6.07) is 41.7. The summed E-state index contributed by atoms with van der Waals surface area (Å²) in [5.41, 5.74) is 9.33. The molecule has 3 nitrogen and oxygen atoms in total. The van der Waals surface area contributed by atoms with Gasteiger partial charge in [-0.1, -0.05) is 103 Å². The van der Waals surface area contributed by atoms with Gasteiger partial charge in [0.1, 0.15) is 0 Å². The topological polar surface area (TPSA) is 30.7 Å². The number of thioether (sulfide) groups is 1. The summed E-state index contributed by atoms with van der Waals surface area (Å²) in [4.78, 5) is 14.2. The number of hydrogen-bond donors (Lipinski definition) is 0. The van der Waals surface area contributed by atoms with E-state index in [1.807, 2.05) is 11.8 Å². The normalized spacial score (nSPS) is 17.4. The number of allylic oxidation sites excluding steroid dienone is 3. The van der Waals surface area contributed by atoms with Crippen LogP contribution in [-0.2, 0) is 0 Å². The summed E-state index contributed by atoms with van der Waals surface area (Å²) in [6.07, 6.45) is 9.18. The molecule has 0 N–H and O–H groups in total. The average molecular weight is 636 g/mol. The van der Waals surface area contributed by atoms with E-state index in [4.69, 9.17) is 9.97 Å². The van der Waals surface area contributed by atoms with Gasteiger partial charge in [-0.3, -0.25) is 0 Å². The first kappa shape index (κ1) is 26.0. The summed E-state index contributed by atoms with van der Waals surface area (Å²) >= 11 is 3.82. The van der Waals surface area contributed by atoms with Crippen LogP contribution in [-0.4, -0.2) is 19.8 Å². The Hall–Kier alpha value is -5.10. The van der Waals surface area contributed by atoms with Crippen LogP contribution >= 0.6 is 23.5 Å². The third kappa shape index (κ3) is 3.61. The maximum atomic E-state index is 5.21. The highest BCUT2D eigenvalue weighted by atomic mass is 32.2. The van der Waals surface area contributed by atoms with E-state index in [1.165, 1.54) is 58.4 Å². The molecule has 0 radical (unpaired) electrons. The molecule has 47 heavy (non-hydrogen) atoms. The molecule has 0 amide bonds. The van der Waals surface area contributed by atoms with E-state index >= 15 is 0 Å². The van der Waals surface area contributed by atoms with Crippen LogP contribution < -0.4 is 0 Å². The fourth-order valence-corrected chi connectivity index (χ4v) is 10.5. The summed E-state index contributed by atoms with van der Waals surface area (Å²) in [6.45, 7) is 0. The Morgan fingerprint density at radius 3 is 2.30 bits per heavy atom. The SMILES string of the molecule is C1=CC2Sc3c(c4ccccc4c4c5ccccc5n(-c5ccc(-c6nc7c8c(cccc8n6)Sc6ccccc6-7)cc5)c34)C2C=C1. The lowest BCUT2D eigenvalue weighted by Crippen LogP contribution is -2.07. The number of hydrogen-bond acceptors (Lipinski definition) is 4. The molecule has 4 heterocycles. The second kappa shape index (κ2) is 9.71. The number of para-hydroxylation sites is 1. The number of nitrogens with zero attached hydrogens (tertiary/aromatic N) is 3. The third-order valence-corrected chi connectivity index (χ3v) is 12.4. The smallest absolute Gasteiger partial charge is 0.160 e. The number of rotatable bonds is 2. The van der Waals surface area contributed by atoms with Gasteiger partial charge in [-0.2, -0.15) is 0 Å². The lowest BCUT2D eigenvalue weighted by molar-refractivity contribution is 0.891. The van der Waals surface area contributed by atoms with Crippen molar-refractivity contribution in [3.05, 3.63) is 145 Å². The monoisotopic (exact) mass is 635 g/mol. The van der Waals surface area contributed by atoms with Crippen molar-refractivity contribution in [3.8, 4) is 28.3 Å². The molecule has 2 aromatic heterocycles. The predicted molar refractivity (Wildman–Crippen MR) is 197 cm³/mol. The van der Waals surface area contributed by atoms with Gasteiger partial charge >= 0.3 is 0 Å². The Morgan fingerprint density at radius 2 is 1.38 bits per heavy atom. The Labute approximate surface area is 279 Å². The lowest BCUT2D eigenvalue weighted by atomic mass is 9.87. The van der Waals surface area contributed by atoms with Crippen molar-refractivity contribution in [2.24, 2.45) is 0 Å². The minimum absolute atomic E-state index is 0.373. The van der Waals surface area contributed by atoms with E-state index in [2.05, 4.69) is 144 Å². The third-order valence-electron chi connectivity index (χ3n) is 9.92. The van der Waals surface area contributed by atoms with Gasteiger partial charge < -0.3 is 4.57 Å². The fraction of sp³-hybridized carbons (Fsp3) is 0.0476. The molecule has 0 spiro atoms. The zero-order valence-electron chi connectivity index (χ0n) is 25.1. The van der Waals surface area contributed by atoms with Crippen molar-refractivity contribution in [1.82, 2.24) is 14.5 Å². The van der Waals surface area contributed by atoms with Crippen molar-refractivity contribution in [1.29, 1.82) is 0 Å². The fourth-order valence-electron chi connectivity index (χ4n) is 7.92. The quantitative estimate of drug-likeness (QED) is 0.189. The molecule has 0 fully saturated rings. The zero-order valence-corrected chi connectivity index (χ0v) is 26.7. The number of aromatic nitrogens is 3. The Balaban J connectivity index is 1.14. The van der Waals surface area contributed by atoms with Gasteiger partial charge in [-0.05, 0) is 64.9 Å². The van der Waals surface area contributed by atoms with Gasteiger partial charge in [0, 0.05) is 58.8 Å². The highest BCUT2D eigenvalue weighted by Crippen LogP contribution is 2.56. The lowest BCUT2D eigenvalue weighted by Gasteiger charge is -2.19. The van der Waals surface area contributed by atoms with Crippen LogP contribution in [0.15, 0.2) is 154 Å². The van der Waals surface area contributed by atoms with E-state index in [0.29, 0.717) is 11.2 Å². The molecule has 8 aromatic rings. The van der Waals surface area contributed by atoms with Crippen molar-refractivity contribution in [2.45, 2.75) is 25.9 Å². The summed E-state index contributed by atoms with van der Waals surface area (Å²) < 4.78 is 2.49. The van der Waals surface area contributed by atoms with Crippen molar-refractivity contribution in [3.63, 3.8) is 0 Å². The second-order valence-corrected chi connectivity index (χ2v) is 14.7. The van der Waals surface area contributed by atoms with Crippen LogP contribution in [0.1, 0.15) is 11.5 Å². The molecule has 2 unspecified atom stereocenters. The molecule has 1 aliphatic carbocycles. The van der Waals surface area contributed by atoms with Crippen molar-refractivity contribution in [2.75, 3.05) is 0 Å². The molecule has 220 valence electrons. The molecule has 0 saturated heterocycles. The molecule has 2 aliphatic heterocycles. The first-order chi connectivity index (χ1) is 23.3. The molecule has 2 atom stereocenters. The Kier molecular flexibility index (Phi) is 5.37. The largest absolute Gasteiger partial charge is 0.308 e. The first-order valence-corrected chi connectivity index (χ1v) is 17.7. The summed E-state index contributed by atoms with van der Waals surface area (Å²) in [7, 11) is 0. The van der Waals surface area contributed by atoms with E-state index in [1.54, 1.807) is 11.8 Å². The summed E-state index contributed by atoms with van der Waals surface area (Å²) in [5, 5.41) is 6.87. The number of benzene rings is 6. The maximum Gasteiger partial charge on any atom is 0.160 e. The van der Waals surface area contributed by atoms with Gasteiger partial charge in [0.2, 0.25) is 0 Å². The van der Waals surface area contributed by atoms with Crippen LogP contribution in [0.25, 0.3) is 71.8 Å². The van der Waals surface area contributed by atoms with Crippen LogP contribution in [0.2, 0.25) is 0 Å². The standard InChI is InChI=1S/C42H25N3S2/c1-2-11-27-26(10-1)36-28-12-3-6-16-32(28)45(40(36)41-37(27)29-13-4-7-17-33(29)47-41)25-22-20-24(21-23-25)42-43-31-15-9-19-35-38(31)39(44-42)30-14-5-8-18-34(30)46-35/h1-23,29,33H. The molecular weight excluding hydrogens is 611 g/mol. The molecule has 6 aromatic carbocycles. The summed E-state index contributed by atoms with van der Waals surface area (Å²) in [5.74, 6) is 1.13. The van der Waals surface area contributed by atoms with E-state index < -0.39 is 0 Å². The molecule has 0 saturated carbocycles. The molecule has 0 bridgehead atoms. The van der Waals surface area contributed by atoms with Crippen LogP contribution in [0.5, 0.6) is 0 Å². The minimum atomic E-state index is 0.373. The molecule has 11 rings (SSSR count). The van der Waals surface area contributed by atoms with Crippen molar-refractivity contribution < 1.29 is 0 Å². The molecular formula is C42H25N3S2.